The molecule has 1 aromatic carbocycles. The summed E-state index contributed by atoms with van der Waals surface area (Å²) >= 11 is 0. The highest BCUT2D eigenvalue weighted by atomic mass is 19.2. The van der Waals surface area contributed by atoms with Crippen LogP contribution in [0.1, 0.15) is 6.42 Å². The van der Waals surface area contributed by atoms with Gasteiger partial charge in [-0.1, -0.05) is 0 Å². The third kappa shape index (κ3) is 5.16. The standard InChI is InChI=1S/C18H23F2N5O2/c1-27-7-6-25-12-14(10-22-25)23-18(26)21-9-13-4-5-24(11-13)15-2-3-16(19)17(20)8-15/h2-3,8,10,12-13H,4-7,9,11H2,1H3,(H2,21,23,26)/t13-/m0/s1. The number of halogens is 2. The van der Waals surface area contributed by atoms with Crippen molar-refractivity contribution < 1.29 is 18.3 Å². The Labute approximate surface area is 156 Å². The van der Waals surface area contributed by atoms with Crippen molar-refractivity contribution in [3.05, 3.63) is 42.2 Å². The maximum absolute atomic E-state index is 13.4. The zero-order valence-electron chi connectivity index (χ0n) is 15.1. The molecule has 1 aliphatic rings. The first-order valence-electron chi connectivity index (χ1n) is 8.81. The van der Waals surface area contributed by atoms with E-state index in [2.05, 4.69) is 15.7 Å². The second-order valence-electron chi connectivity index (χ2n) is 6.52. The fourth-order valence-electron chi connectivity index (χ4n) is 3.06. The first-order valence-corrected chi connectivity index (χ1v) is 8.81. The van der Waals surface area contributed by atoms with E-state index in [1.54, 1.807) is 30.3 Å². The van der Waals surface area contributed by atoms with Gasteiger partial charge < -0.3 is 20.3 Å². The molecule has 0 aliphatic carbocycles. The molecule has 2 amide bonds. The van der Waals surface area contributed by atoms with Gasteiger partial charge in [0.25, 0.3) is 0 Å². The van der Waals surface area contributed by atoms with Crippen LogP contribution in [0.15, 0.2) is 30.6 Å². The summed E-state index contributed by atoms with van der Waals surface area (Å²) in [4.78, 5) is 14.0. The molecule has 1 fully saturated rings. The fourth-order valence-corrected chi connectivity index (χ4v) is 3.06. The number of carbonyl (C=O) groups is 1. The summed E-state index contributed by atoms with van der Waals surface area (Å²) in [6.07, 6.45) is 4.18. The lowest BCUT2D eigenvalue weighted by molar-refractivity contribution is 0.183. The molecule has 2 aromatic rings. The zero-order valence-corrected chi connectivity index (χ0v) is 15.1. The number of aromatic nitrogens is 2. The quantitative estimate of drug-likeness (QED) is 0.775. The topological polar surface area (TPSA) is 71.4 Å². The summed E-state index contributed by atoms with van der Waals surface area (Å²) in [5.74, 6) is -1.45. The summed E-state index contributed by atoms with van der Waals surface area (Å²) in [6, 6.07) is 3.62. The highest BCUT2D eigenvalue weighted by molar-refractivity contribution is 5.88. The molecule has 0 spiro atoms. The Balaban J connectivity index is 1.43. The van der Waals surface area contributed by atoms with Crippen LogP contribution < -0.4 is 15.5 Å². The number of carbonyl (C=O) groups excluding carboxylic acids is 1. The van der Waals surface area contributed by atoms with Crippen LogP contribution in [0, 0.1) is 17.6 Å². The second kappa shape index (κ2) is 8.81. The van der Waals surface area contributed by atoms with Crippen LogP contribution in [0.2, 0.25) is 0 Å². The molecular weight excluding hydrogens is 356 g/mol. The SMILES string of the molecule is COCCn1cc(NC(=O)NC[C@@H]2CCN(c3ccc(F)c(F)c3)C2)cn1. The predicted molar refractivity (Wildman–Crippen MR) is 97.8 cm³/mol. The van der Waals surface area contributed by atoms with E-state index in [9.17, 15) is 13.6 Å². The van der Waals surface area contributed by atoms with Crippen molar-refractivity contribution in [3.8, 4) is 0 Å². The molecule has 146 valence electrons. The third-order valence-corrected chi connectivity index (χ3v) is 4.52. The lowest BCUT2D eigenvalue weighted by atomic mass is 10.1. The van der Waals surface area contributed by atoms with Gasteiger partial charge in [0.05, 0.1) is 25.0 Å². The average molecular weight is 379 g/mol. The molecule has 2 N–H and O–H groups in total. The Morgan fingerprint density at radius 2 is 2.22 bits per heavy atom. The minimum absolute atomic E-state index is 0.244. The van der Waals surface area contributed by atoms with Crippen LogP contribution in [-0.2, 0) is 11.3 Å². The fraction of sp³-hybridized carbons (Fsp3) is 0.444. The van der Waals surface area contributed by atoms with Gasteiger partial charge in [-0.25, -0.2) is 13.6 Å². The largest absolute Gasteiger partial charge is 0.383 e. The number of hydrogen-bond donors (Lipinski definition) is 2. The van der Waals surface area contributed by atoms with E-state index in [1.165, 1.54) is 6.07 Å². The van der Waals surface area contributed by atoms with Crippen molar-refractivity contribution in [2.24, 2.45) is 5.92 Å². The maximum atomic E-state index is 13.4. The first kappa shape index (κ1) is 19.1. The van der Waals surface area contributed by atoms with Crippen LogP contribution >= 0.6 is 0 Å². The van der Waals surface area contributed by atoms with Crippen molar-refractivity contribution >= 4 is 17.4 Å². The van der Waals surface area contributed by atoms with E-state index in [1.807, 2.05) is 4.90 Å². The van der Waals surface area contributed by atoms with E-state index in [4.69, 9.17) is 4.74 Å². The monoisotopic (exact) mass is 379 g/mol. The summed E-state index contributed by atoms with van der Waals surface area (Å²) in [5.41, 5.74) is 1.27. The normalized spacial score (nSPS) is 16.6. The zero-order chi connectivity index (χ0) is 19.2. The molecule has 1 aromatic heterocycles. The van der Waals surface area contributed by atoms with Crippen molar-refractivity contribution in [3.63, 3.8) is 0 Å². The molecule has 1 saturated heterocycles. The smallest absolute Gasteiger partial charge is 0.319 e. The van der Waals surface area contributed by atoms with Crippen LogP contribution in [0.5, 0.6) is 0 Å². The number of nitrogens with one attached hydrogen (secondary N) is 2. The van der Waals surface area contributed by atoms with Gasteiger partial charge in [0.2, 0.25) is 0 Å². The van der Waals surface area contributed by atoms with Gasteiger partial charge in [-0.3, -0.25) is 4.68 Å². The molecule has 1 aliphatic heterocycles. The van der Waals surface area contributed by atoms with Gasteiger partial charge in [0.1, 0.15) is 0 Å². The number of amides is 2. The second-order valence-corrected chi connectivity index (χ2v) is 6.52. The minimum atomic E-state index is -0.849. The van der Waals surface area contributed by atoms with E-state index < -0.39 is 11.6 Å². The molecule has 2 heterocycles. The number of urea groups is 1. The Bertz CT molecular complexity index is 783. The van der Waals surface area contributed by atoms with Crippen molar-refractivity contribution in [1.82, 2.24) is 15.1 Å². The van der Waals surface area contributed by atoms with Crippen LogP contribution in [0.25, 0.3) is 0 Å². The highest BCUT2D eigenvalue weighted by Crippen LogP contribution is 2.25. The van der Waals surface area contributed by atoms with Crippen molar-refractivity contribution in [1.29, 1.82) is 0 Å². The number of anilines is 2. The number of nitrogens with zero attached hydrogens (tertiary/aromatic N) is 3. The summed E-state index contributed by atoms with van der Waals surface area (Å²) in [5, 5.41) is 9.72. The van der Waals surface area contributed by atoms with Gasteiger partial charge in [0, 0.05) is 44.7 Å². The molecule has 0 saturated carbocycles. The van der Waals surface area contributed by atoms with Gasteiger partial charge in [-0.15, -0.1) is 0 Å². The summed E-state index contributed by atoms with van der Waals surface area (Å²) in [7, 11) is 1.62. The molecule has 7 nitrogen and oxygen atoms in total. The lowest BCUT2D eigenvalue weighted by Gasteiger charge is -2.19. The molecule has 27 heavy (non-hydrogen) atoms. The molecule has 0 unspecified atom stereocenters. The first-order chi connectivity index (χ1) is 13.0. The van der Waals surface area contributed by atoms with E-state index in [-0.39, 0.29) is 11.9 Å². The van der Waals surface area contributed by atoms with Gasteiger partial charge in [0.15, 0.2) is 11.6 Å². The predicted octanol–water partition coefficient (Wildman–Crippen LogP) is 2.46. The average Bonchev–Trinajstić information content (AvgIpc) is 3.30. The number of methoxy groups -OCH3 is 1. The summed E-state index contributed by atoms with van der Waals surface area (Å²) in [6.45, 7) is 3.08. The van der Waals surface area contributed by atoms with E-state index in [0.29, 0.717) is 37.6 Å². The number of ether oxygens (including phenoxy) is 1. The van der Waals surface area contributed by atoms with E-state index in [0.717, 1.165) is 19.0 Å². The minimum Gasteiger partial charge on any atom is -0.383 e. The third-order valence-electron chi connectivity index (χ3n) is 4.52. The Morgan fingerprint density at radius 1 is 1.37 bits per heavy atom. The van der Waals surface area contributed by atoms with Crippen molar-refractivity contribution in [2.45, 2.75) is 13.0 Å². The Kier molecular flexibility index (Phi) is 6.23. The Morgan fingerprint density at radius 3 is 3.00 bits per heavy atom. The molecule has 1 atom stereocenters. The molecule has 3 rings (SSSR count). The summed E-state index contributed by atoms with van der Waals surface area (Å²) < 4.78 is 33.1. The number of hydrogen-bond acceptors (Lipinski definition) is 4. The van der Waals surface area contributed by atoms with E-state index >= 15 is 0 Å². The molecular formula is C18H23F2N5O2. The number of rotatable bonds is 7. The highest BCUT2D eigenvalue weighted by Gasteiger charge is 2.23. The molecule has 0 bridgehead atoms. The van der Waals surface area contributed by atoms with Crippen LogP contribution in [0.4, 0.5) is 25.0 Å². The van der Waals surface area contributed by atoms with Gasteiger partial charge >= 0.3 is 6.03 Å². The maximum Gasteiger partial charge on any atom is 0.319 e. The van der Waals surface area contributed by atoms with Crippen molar-refractivity contribution in [2.75, 3.05) is 43.6 Å². The Hall–Kier alpha value is -2.68. The van der Waals surface area contributed by atoms with Gasteiger partial charge in [-0.2, -0.15) is 5.10 Å². The van der Waals surface area contributed by atoms with Crippen LogP contribution in [-0.4, -0.2) is 49.2 Å². The lowest BCUT2D eigenvalue weighted by Crippen LogP contribution is -2.34. The molecule has 0 radical (unpaired) electrons. The van der Waals surface area contributed by atoms with Gasteiger partial charge in [-0.05, 0) is 24.5 Å². The molecule has 9 heteroatoms. The van der Waals surface area contributed by atoms with Crippen LogP contribution in [0.3, 0.4) is 0 Å². The number of benzene rings is 1.